The monoisotopic (exact) mass is 262 g/mol. The van der Waals surface area contributed by atoms with Gasteiger partial charge in [-0.25, -0.2) is 9.97 Å². The molecule has 2 aromatic rings. The van der Waals surface area contributed by atoms with Crippen LogP contribution in [0.25, 0.3) is 0 Å². The fourth-order valence-electron chi connectivity index (χ4n) is 1.38. The summed E-state index contributed by atoms with van der Waals surface area (Å²) >= 11 is 5.78. The lowest BCUT2D eigenvalue weighted by atomic mass is 10.2. The van der Waals surface area contributed by atoms with E-state index in [-0.39, 0.29) is 5.91 Å². The summed E-state index contributed by atoms with van der Waals surface area (Å²) in [6.07, 6.45) is 3.05. The van der Waals surface area contributed by atoms with E-state index in [1.165, 1.54) is 12.4 Å². The van der Waals surface area contributed by atoms with Crippen LogP contribution >= 0.6 is 11.6 Å². The Morgan fingerprint density at radius 1 is 1.39 bits per heavy atom. The van der Waals surface area contributed by atoms with Gasteiger partial charge in [0.1, 0.15) is 6.33 Å². The Hall–Kier alpha value is -2.14. The molecule has 1 heterocycles. The summed E-state index contributed by atoms with van der Waals surface area (Å²) in [4.78, 5) is 19.6. The maximum Gasteiger partial charge on any atom is 0.251 e. The van der Waals surface area contributed by atoms with Crippen molar-refractivity contribution in [3.63, 3.8) is 0 Å². The second-order valence-corrected chi connectivity index (χ2v) is 4.03. The van der Waals surface area contributed by atoms with E-state index >= 15 is 0 Å². The van der Waals surface area contributed by atoms with Crippen LogP contribution in [-0.2, 0) is 6.54 Å². The van der Waals surface area contributed by atoms with Gasteiger partial charge in [-0.05, 0) is 24.3 Å². The first-order chi connectivity index (χ1) is 8.66. The van der Waals surface area contributed by atoms with Crippen LogP contribution in [0.1, 0.15) is 16.1 Å². The van der Waals surface area contributed by atoms with Gasteiger partial charge in [-0.3, -0.25) is 4.79 Å². The van der Waals surface area contributed by atoms with Crippen molar-refractivity contribution in [1.29, 1.82) is 0 Å². The summed E-state index contributed by atoms with van der Waals surface area (Å²) < 4.78 is 0. The molecule has 0 atom stereocenters. The Labute approximate surface area is 109 Å². The average molecular weight is 263 g/mol. The maximum absolute atomic E-state index is 11.8. The standard InChI is InChI=1S/C12H11ClN4O/c13-10-2-1-8(5-11(10)14)12(18)16-6-9-3-4-15-7-17-9/h1-5,7H,6,14H2,(H,16,18). The van der Waals surface area contributed by atoms with Crippen LogP contribution in [0.2, 0.25) is 5.02 Å². The van der Waals surface area contributed by atoms with Crippen LogP contribution in [0.3, 0.4) is 0 Å². The minimum Gasteiger partial charge on any atom is -0.398 e. The molecular formula is C12H11ClN4O. The van der Waals surface area contributed by atoms with Crippen molar-refractivity contribution in [2.24, 2.45) is 0 Å². The lowest BCUT2D eigenvalue weighted by Gasteiger charge is -2.06. The molecule has 1 aromatic heterocycles. The van der Waals surface area contributed by atoms with Crippen LogP contribution in [0.5, 0.6) is 0 Å². The number of hydrogen-bond acceptors (Lipinski definition) is 4. The highest BCUT2D eigenvalue weighted by Crippen LogP contribution is 2.19. The Morgan fingerprint density at radius 2 is 2.22 bits per heavy atom. The van der Waals surface area contributed by atoms with Crippen LogP contribution in [-0.4, -0.2) is 15.9 Å². The Balaban J connectivity index is 2.02. The average Bonchev–Trinajstić information content (AvgIpc) is 2.40. The largest absolute Gasteiger partial charge is 0.398 e. The van der Waals surface area contributed by atoms with Crippen molar-refractivity contribution in [2.45, 2.75) is 6.54 Å². The minimum atomic E-state index is -0.225. The minimum absolute atomic E-state index is 0.225. The van der Waals surface area contributed by atoms with E-state index in [0.29, 0.717) is 22.8 Å². The van der Waals surface area contributed by atoms with Crippen molar-refractivity contribution in [3.05, 3.63) is 53.1 Å². The van der Waals surface area contributed by atoms with Crippen LogP contribution in [0, 0.1) is 0 Å². The highest BCUT2D eigenvalue weighted by Gasteiger charge is 2.07. The number of benzene rings is 1. The molecule has 18 heavy (non-hydrogen) atoms. The van der Waals surface area contributed by atoms with E-state index in [1.54, 1.807) is 24.4 Å². The highest BCUT2D eigenvalue weighted by atomic mass is 35.5. The number of hydrogen-bond donors (Lipinski definition) is 2. The lowest BCUT2D eigenvalue weighted by Crippen LogP contribution is -2.23. The van der Waals surface area contributed by atoms with Gasteiger partial charge >= 0.3 is 0 Å². The van der Waals surface area contributed by atoms with Gasteiger partial charge in [0.05, 0.1) is 22.9 Å². The SMILES string of the molecule is Nc1cc(C(=O)NCc2ccncn2)ccc1Cl. The topological polar surface area (TPSA) is 80.9 Å². The zero-order valence-electron chi connectivity index (χ0n) is 9.43. The molecule has 0 fully saturated rings. The Kier molecular flexibility index (Phi) is 3.74. The molecule has 3 N–H and O–H groups in total. The summed E-state index contributed by atoms with van der Waals surface area (Å²) in [6, 6.07) is 6.48. The first-order valence-corrected chi connectivity index (χ1v) is 5.63. The van der Waals surface area contributed by atoms with Gasteiger partial charge in [0, 0.05) is 11.8 Å². The summed E-state index contributed by atoms with van der Waals surface area (Å²) in [5.41, 5.74) is 7.21. The number of carbonyl (C=O) groups is 1. The third-order valence-electron chi connectivity index (χ3n) is 2.33. The number of anilines is 1. The number of carbonyl (C=O) groups excluding carboxylic acids is 1. The number of aromatic nitrogens is 2. The predicted molar refractivity (Wildman–Crippen MR) is 69.1 cm³/mol. The van der Waals surface area contributed by atoms with Gasteiger partial charge in [0.15, 0.2) is 0 Å². The van der Waals surface area contributed by atoms with Gasteiger partial charge in [-0.1, -0.05) is 11.6 Å². The number of rotatable bonds is 3. The number of halogens is 1. The van der Waals surface area contributed by atoms with Crippen molar-refractivity contribution in [3.8, 4) is 0 Å². The van der Waals surface area contributed by atoms with Gasteiger partial charge in [-0.2, -0.15) is 0 Å². The first kappa shape index (κ1) is 12.3. The molecule has 5 nitrogen and oxygen atoms in total. The van der Waals surface area contributed by atoms with Crippen LogP contribution < -0.4 is 11.1 Å². The molecule has 0 saturated carbocycles. The van der Waals surface area contributed by atoms with Crippen molar-refractivity contribution in [2.75, 3.05) is 5.73 Å². The number of nitrogens with zero attached hydrogens (tertiary/aromatic N) is 2. The van der Waals surface area contributed by atoms with E-state index in [0.717, 1.165) is 5.69 Å². The molecule has 92 valence electrons. The van der Waals surface area contributed by atoms with Crippen molar-refractivity contribution in [1.82, 2.24) is 15.3 Å². The van der Waals surface area contributed by atoms with Crippen molar-refractivity contribution < 1.29 is 4.79 Å². The first-order valence-electron chi connectivity index (χ1n) is 5.25. The summed E-state index contributed by atoms with van der Waals surface area (Å²) in [7, 11) is 0. The maximum atomic E-state index is 11.8. The fourth-order valence-corrected chi connectivity index (χ4v) is 1.50. The molecule has 0 aliphatic heterocycles. The second-order valence-electron chi connectivity index (χ2n) is 3.62. The molecule has 1 amide bonds. The third-order valence-corrected chi connectivity index (χ3v) is 2.68. The predicted octanol–water partition coefficient (Wildman–Crippen LogP) is 1.64. The van der Waals surface area contributed by atoms with Gasteiger partial charge < -0.3 is 11.1 Å². The van der Waals surface area contributed by atoms with Crippen LogP contribution in [0.15, 0.2) is 36.8 Å². The highest BCUT2D eigenvalue weighted by molar-refractivity contribution is 6.33. The van der Waals surface area contributed by atoms with Gasteiger partial charge in [0.2, 0.25) is 0 Å². The van der Waals surface area contributed by atoms with E-state index in [4.69, 9.17) is 17.3 Å². The molecule has 0 saturated heterocycles. The summed E-state index contributed by atoms with van der Waals surface area (Å²) in [6.45, 7) is 0.337. The number of nitrogens with two attached hydrogens (primary N) is 1. The molecule has 6 heteroatoms. The number of nitrogens with one attached hydrogen (secondary N) is 1. The van der Waals surface area contributed by atoms with Crippen molar-refractivity contribution >= 4 is 23.2 Å². The zero-order chi connectivity index (χ0) is 13.0. The molecule has 0 unspecified atom stereocenters. The molecule has 0 aliphatic carbocycles. The molecular weight excluding hydrogens is 252 g/mol. The quantitative estimate of drug-likeness (QED) is 0.824. The number of amides is 1. The van der Waals surface area contributed by atoms with Gasteiger partial charge in [-0.15, -0.1) is 0 Å². The third kappa shape index (κ3) is 2.95. The molecule has 0 spiro atoms. The smallest absolute Gasteiger partial charge is 0.251 e. The van der Waals surface area contributed by atoms with E-state index in [2.05, 4.69) is 15.3 Å². The van der Waals surface area contributed by atoms with E-state index in [1.807, 2.05) is 0 Å². The van der Waals surface area contributed by atoms with E-state index < -0.39 is 0 Å². The lowest BCUT2D eigenvalue weighted by molar-refractivity contribution is 0.0950. The second kappa shape index (κ2) is 5.46. The molecule has 0 bridgehead atoms. The normalized spacial score (nSPS) is 10.1. The molecule has 2 rings (SSSR count). The fraction of sp³-hybridized carbons (Fsp3) is 0.0833. The summed E-state index contributed by atoms with van der Waals surface area (Å²) in [5, 5.41) is 3.17. The number of nitrogen functional groups attached to an aromatic ring is 1. The molecule has 0 radical (unpaired) electrons. The molecule has 0 aliphatic rings. The zero-order valence-corrected chi connectivity index (χ0v) is 10.2. The van der Waals surface area contributed by atoms with Crippen LogP contribution in [0.4, 0.5) is 5.69 Å². The van der Waals surface area contributed by atoms with E-state index in [9.17, 15) is 4.79 Å². The Bertz CT molecular complexity index is 559. The summed E-state index contributed by atoms with van der Waals surface area (Å²) in [5.74, 6) is -0.225. The molecule has 1 aromatic carbocycles. The Morgan fingerprint density at radius 3 is 2.89 bits per heavy atom. The van der Waals surface area contributed by atoms with Gasteiger partial charge in [0.25, 0.3) is 5.91 Å².